The lowest BCUT2D eigenvalue weighted by Crippen LogP contribution is -2.64. The van der Waals surface area contributed by atoms with Crippen LogP contribution in [0, 0.1) is 6.92 Å². The van der Waals surface area contributed by atoms with E-state index in [1.165, 1.54) is 19.1 Å². The highest BCUT2D eigenvalue weighted by Crippen LogP contribution is 2.31. The van der Waals surface area contributed by atoms with Crippen LogP contribution in [0.15, 0.2) is 33.5 Å². The van der Waals surface area contributed by atoms with Crippen LogP contribution in [0.4, 0.5) is 0 Å². The lowest BCUT2D eigenvalue weighted by molar-refractivity contribution is -0.349. The topological polar surface area (TPSA) is 189 Å². The molecule has 2 saturated heterocycles. The van der Waals surface area contributed by atoms with Crippen LogP contribution in [-0.4, -0.2) is 98.7 Å². The molecule has 2 fully saturated rings. The number of fused-ring (bicyclic) bond motifs is 1. The maximum absolute atomic E-state index is 11.7. The molecule has 0 aliphatic carbocycles. The summed E-state index contributed by atoms with van der Waals surface area (Å²) in [4.78, 5) is 11.7. The summed E-state index contributed by atoms with van der Waals surface area (Å²) in [5.74, 6) is 0.165. The predicted molar refractivity (Wildman–Crippen MR) is 113 cm³/mol. The van der Waals surface area contributed by atoms with Gasteiger partial charge in [0.05, 0.1) is 12.7 Å². The van der Waals surface area contributed by atoms with Gasteiger partial charge in [-0.15, -0.1) is 0 Å². The Hall–Kier alpha value is -2.13. The molecule has 0 saturated carbocycles. The highest BCUT2D eigenvalue weighted by molar-refractivity contribution is 5.81. The zero-order chi connectivity index (χ0) is 24.7. The SMILES string of the molecule is Cc1cc(=O)oc2cc(O[C@H]3O[C@@H](CO)[C@H](O)[C@@H](O[C@@H]4O[C@H](C)[C@H](O)[C@H](O)[C@@H]4O)[C@@H]3O)ccc12. The number of benzene rings is 1. The third kappa shape index (κ3) is 4.69. The first-order valence-corrected chi connectivity index (χ1v) is 10.8. The minimum Gasteiger partial charge on any atom is -0.462 e. The zero-order valence-corrected chi connectivity index (χ0v) is 18.4. The first kappa shape index (κ1) is 25.0. The third-order valence-electron chi connectivity index (χ3n) is 6.10. The number of aryl methyl sites for hydroxylation is 1. The van der Waals surface area contributed by atoms with E-state index in [1.807, 2.05) is 0 Å². The summed E-state index contributed by atoms with van der Waals surface area (Å²) in [6.45, 7) is 2.56. The minimum absolute atomic E-state index is 0.165. The van der Waals surface area contributed by atoms with Crippen LogP contribution >= 0.6 is 0 Å². The van der Waals surface area contributed by atoms with Crippen LogP contribution in [0.5, 0.6) is 5.75 Å². The Kier molecular flexibility index (Phi) is 7.24. The molecule has 2 aliphatic rings. The molecule has 0 amide bonds. The summed E-state index contributed by atoms with van der Waals surface area (Å²) in [5.41, 5.74) is 0.413. The lowest BCUT2D eigenvalue weighted by Gasteiger charge is -2.45. The molecule has 0 spiro atoms. The van der Waals surface area contributed by atoms with Crippen molar-refractivity contribution >= 4 is 11.0 Å². The molecule has 10 atom stereocenters. The Labute approximate surface area is 193 Å². The number of hydrogen-bond acceptors (Lipinski definition) is 12. The molecule has 4 rings (SSSR count). The van der Waals surface area contributed by atoms with Gasteiger partial charge in [-0.3, -0.25) is 0 Å². The van der Waals surface area contributed by atoms with Gasteiger partial charge >= 0.3 is 5.63 Å². The molecular weight excluding hydrogens is 456 g/mol. The predicted octanol–water partition coefficient (Wildman–Crippen LogP) is -1.87. The summed E-state index contributed by atoms with van der Waals surface area (Å²) < 4.78 is 27.4. The first-order valence-electron chi connectivity index (χ1n) is 10.8. The van der Waals surface area contributed by atoms with E-state index in [0.29, 0.717) is 10.9 Å². The summed E-state index contributed by atoms with van der Waals surface area (Å²) >= 11 is 0. The highest BCUT2D eigenvalue weighted by atomic mass is 16.7. The van der Waals surface area contributed by atoms with E-state index in [9.17, 15) is 35.4 Å². The average Bonchev–Trinajstić information content (AvgIpc) is 2.79. The van der Waals surface area contributed by atoms with E-state index >= 15 is 0 Å². The van der Waals surface area contributed by atoms with Gasteiger partial charge in [0.2, 0.25) is 6.29 Å². The van der Waals surface area contributed by atoms with Crippen LogP contribution in [0.1, 0.15) is 12.5 Å². The molecule has 6 N–H and O–H groups in total. The van der Waals surface area contributed by atoms with E-state index in [4.69, 9.17) is 23.4 Å². The first-order chi connectivity index (χ1) is 16.1. The molecule has 12 nitrogen and oxygen atoms in total. The molecule has 1 aromatic heterocycles. The number of aliphatic hydroxyl groups is 6. The van der Waals surface area contributed by atoms with Gasteiger partial charge in [0.15, 0.2) is 6.29 Å². The van der Waals surface area contributed by atoms with Gasteiger partial charge < -0.3 is 54.0 Å². The highest BCUT2D eigenvalue weighted by Gasteiger charge is 2.50. The van der Waals surface area contributed by atoms with Crippen molar-refractivity contribution in [2.24, 2.45) is 0 Å². The monoisotopic (exact) mass is 484 g/mol. The fraction of sp³-hybridized carbons (Fsp3) is 0.591. The molecule has 2 aromatic rings. The zero-order valence-electron chi connectivity index (χ0n) is 18.4. The van der Waals surface area contributed by atoms with Crippen LogP contribution < -0.4 is 10.4 Å². The Bertz CT molecular complexity index is 1060. The van der Waals surface area contributed by atoms with E-state index in [1.54, 1.807) is 19.1 Å². The largest absolute Gasteiger partial charge is 0.462 e. The van der Waals surface area contributed by atoms with Crippen molar-refractivity contribution in [3.8, 4) is 5.75 Å². The Morgan fingerprint density at radius 3 is 2.35 bits per heavy atom. The van der Waals surface area contributed by atoms with Crippen molar-refractivity contribution in [3.05, 3.63) is 40.2 Å². The molecule has 1 aromatic carbocycles. The van der Waals surface area contributed by atoms with Crippen molar-refractivity contribution in [3.63, 3.8) is 0 Å². The molecule has 0 unspecified atom stereocenters. The lowest BCUT2D eigenvalue weighted by atomic mass is 9.97. The summed E-state index contributed by atoms with van der Waals surface area (Å²) in [6.07, 6.45) is -14.3. The molecule has 0 bridgehead atoms. The molecule has 34 heavy (non-hydrogen) atoms. The maximum Gasteiger partial charge on any atom is 0.336 e. The number of rotatable bonds is 5. The fourth-order valence-corrected chi connectivity index (χ4v) is 4.10. The Morgan fingerprint density at radius 2 is 1.65 bits per heavy atom. The molecule has 3 heterocycles. The second-order valence-corrected chi connectivity index (χ2v) is 8.51. The van der Waals surface area contributed by atoms with Crippen LogP contribution in [0.3, 0.4) is 0 Å². The number of aliphatic hydroxyl groups excluding tert-OH is 6. The van der Waals surface area contributed by atoms with Gasteiger partial charge in [0, 0.05) is 17.5 Å². The van der Waals surface area contributed by atoms with Crippen molar-refractivity contribution in [1.82, 2.24) is 0 Å². The van der Waals surface area contributed by atoms with Crippen molar-refractivity contribution in [2.45, 2.75) is 75.3 Å². The second-order valence-electron chi connectivity index (χ2n) is 8.51. The second kappa shape index (κ2) is 9.85. The average molecular weight is 484 g/mol. The smallest absolute Gasteiger partial charge is 0.336 e. The fourth-order valence-electron chi connectivity index (χ4n) is 4.10. The maximum atomic E-state index is 11.7. The molecule has 2 aliphatic heterocycles. The summed E-state index contributed by atoms with van der Waals surface area (Å²) in [6, 6.07) is 6.01. The normalized spacial score (nSPS) is 38.7. The van der Waals surface area contributed by atoms with Crippen LogP contribution in [-0.2, 0) is 14.2 Å². The standard InChI is InChI=1S/C22H28O12/c1-8-5-14(24)32-12-6-10(3-4-11(8)12)31-22-19(29)20(16(26)13(7-23)33-22)34-21-18(28)17(27)15(25)9(2)30-21/h3-6,9,13,15-23,25-29H,7H2,1-2H3/t9-,13+,15+,16+,17+,18+,19+,20-,21+,22+/m1/s1. The van der Waals surface area contributed by atoms with Crippen molar-refractivity contribution < 1.29 is 54.0 Å². The van der Waals surface area contributed by atoms with Crippen molar-refractivity contribution in [2.75, 3.05) is 6.61 Å². The summed E-state index contributed by atoms with van der Waals surface area (Å²) in [7, 11) is 0. The van der Waals surface area contributed by atoms with Crippen molar-refractivity contribution in [1.29, 1.82) is 0 Å². The van der Waals surface area contributed by atoms with Gasteiger partial charge in [-0.25, -0.2) is 4.79 Å². The van der Waals surface area contributed by atoms with Crippen LogP contribution in [0.25, 0.3) is 11.0 Å². The van der Waals surface area contributed by atoms with E-state index < -0.39 is 73.6 Å². The van der Waals surface area contributed by atoms with Gasteiger partial charge in [-0.2, -0.15) is 0 Å². The Morgan fingerprint density at radius 1 is 0.912 bits per heavy atom. The van der Waals surface area contributed by atoms with Gasteiger partial charge in [-0.1, -0.05) is 0 Å². The number of ether oxygens (including phenoxy) is 4. The van der Waals surface area contributed by atoms with Gasteiger partial charge in [-0.05, 0) is 31.5 Å². The van der Waals surface area contributed by atoms with Gasteiger partial charge in [0.1, 0.15) is 54.1 Å². The molecule has 12 heteroatoms. The van der Waals surface area contributed by atoms with Crippen LogP contribution in [0.2, 0.25) is 0 Å². The molecular formula is C22H28O12. The van der Waals surface area contributed by atoms with E-state index in [-0.39, 0.29) is 11.3 Å². The minimum atomic E-state index is -1.67. The molecule has 0 radical (unpaired) electrons. The third-order valence-corrected chi connectivity index (χ3v) is 6.10. The summed E-state index contributed by atoms with van der Waals surface area (Å²) in [5, 5.41) is 61.8. The number of hydrogen-bond donors (Lipinski definition) is 6. The molecule has 188 valence electrons. The quantitative estimate of drug-likeness (QED) is 0.260. The Balaban J connectivity index is 1.56. The van der Waals surface area contributed by atoms with E-state index in [2.05, 4.69) is 0 Å². The van der Waals surface area contributed by atoms with Gasteiger partial charge in [0.25, 0.3) is 0 Å². The van der Waals surface area contributed by atoms with E-state index in [0.717, 1.165) is 0 Å².